The quantitative estimate of drug-likeness (QED) is 0.804. The van der Waals surface area contributed by atoms with E-state index in [1.54, 1.807) is 49.9 Å². The average Bonchev–Trinajstić information content (AvgIpc) is 2.61. The first-order valence-corrected chi connectivity index (χ1v) is 9.51. The van der Waals surface area contributed by atoms with Gasteiger partial charge in [0.2, 0.25) is 5.91 Å². The predicted octanol–water partition coefficient (Wildman–Crippen LogP) is 2.68. The number of benzene rings is 1. The number of piperidine rings is 1. The minimum atomic E-state index is -0.565. The molecule has 0 unspecified atom stereocenters. The summed E-state index contributed by atoms with van der Waals surface area (Å²) >= 11 is 0. The fraction of sp³-hybridized carbons (Fsp3) is 0.550. The molecule has 0 bridgehead atoms. The second-order valence-corrected chi connectivity index (χ2v) is 7.68. The lowest BCUT2D eigenvalue weighted by molar-refractivity contribution is -0.132. The van der Waals surface area contributed by atoms with Crippen molar-refractivity contribution in [2.24, 2.45) is 0 Å². The first-order valence-electron chi connectivity index (χ1n) is 9.51. The predicted molar refractivity (Wildman–Crippen MR) is 104 cm³/mol. The summed E-state index contributed by atoms with van der Waals surface area (Å²) in [6, 6.07) is 8.84. The van der Waals surface area contributed by atoms with Crippen molar-refractivity contribution in [1.82, 2.24) is 15.5 Å². The van der Waals surface area contributed by atoms with Crippen molar-refractivity contribution < 1.29 is 23.9 Å². The molecule has 3 amide bonds. The number of nitrogens with one attached hydrogen (secondary N) is 2. The number of alkyl carbamates (subject to hydrolysis) is 1. The van der Waals surface area contributed by atoms with Crippen molar-refractivity contribution in [3.63, 3.8) is 0 Å². The van der Waals surface area contributed by atoms with E-state index in [4.69, 9.17) is 9.47 Å². The Kier molecular flexibility index (Phi) is 7.66. The number of carbonyl (C=O) groups is 3. The third-order valence-corrected chi connectivity index (χ3v) is 4.13. The molecule has 2 N–H and O–H groups in total. The van der Waals surface area contributed by atoms with Gasteiger partial charge in [-0.2, -0.15) is 0 Å². The van der Waals surface area contributed by atoms with E-state index in [1.165, 1.54) is 0 Å². The van der Waals surface area contributed by atoms with Crippen LogP contribution in [0.2, 0.25) is 0 Å². The zero-order valence-corrected chi connectivity index (χ0v) is 16.7. The summed E-state index contributed by atoms with van der Waals surface area (Å²) in [5, 5.41) is 5.42. The van der Waals surface area contributed by atoms with Gasteiger partial charge in [-0.15, -0.1) is 0 Å². The van der Waals surface area contributed by atoms with Crippen molar-refractivity contribution in [3.05, 3.63) is 30.3 Å². The minimum Gasteiger partial charge on any atom is -0.444 e. The topological polar surface area (TPSA) is 97.0 Å². The standard InChI is InChI=1S/C20H29N3O5/c1-20(2,3)28-18(25)21-12-9-17(24)23-13-10-15(11-14-23)22-19(26)27-16-7-5-4-6-8-16/h4-8,15H,9-14H2,1-3H3,(H,21,25)(H,22,26). The van der Waals surface area contributed by atoms with E-state index in [1.807, 2.05) is 6.07 Å². The number of ether oxygens (including phenoxy) is 2. The van der Waals surface area contributed by atoms with Crippen LogP contribution < -0.4 is 15.4 Å². The molecule has 0 aromatic heterocycles. The number of para-hydroxylation sites is 1. The van der Waals surface area contributed by atoms with Gasteiger partial charge in [0.25, 0.3) is 0 Å². The number of rotatable bonds is 5. The number of amides is 3. The second-order valence-electron chi connectivity index (χ2n) is 7.68. The highest BCUT2D eigenvalue weighted by Gasteiger charge is 2.24. The lowest BCUT2D eigenvalue weighted by Gasteiger charge is -2.32. The summed E-state index contributed by atoms with van der Waals surface area (Å²) in [6.45, 7) is 6.70. The molecule has 1 heterocycles. The molecule has 8 nitrogen and oxygen atoms in total. The van der Waals surface area contributed by atoms with Crippen LogP contribution in [0.15, 0.2) is 30.3 Å². The summed E-state index contributed by atoms with van der Waals surface area (Å²) < 4.78 is 10.4. The lowest BCUT2D eigenvalue weighted by atomic mass is 10.0. The van der Waals surface area contributed by atoms with Gasteiger partial charge in [0, 0.05) is 32.1 Å². The molecule has 1 aromatic carbocycles. The number of hydrogen-bond acceptors (Lipinski definition) is 5. The van der Waals surface area contributed by atoms with E-state index in [-0.39, 0.29) is 24.9 Å². The highest BCUT2D eigenvalue weighted by molar-refractivity contribution is 5.77. The third kappa shape index (κ3) is 7.85. The molecule has 1 aliphatic heterocycles. The van der Waals surface area contributed by atoms with E-state index in [9.17, 15) is 14.4 Å². The van der Waals surface area contributed by atoms with Crippen LogP contribution in [0.5, 0.6) is 5.75 Å². The molecule has 1 saturated heterocycles. The molecule has 28 heavy (non-hydrogen) atoms. The van der Waals surface area contributed by atoms with Crippen LogP contribution in [0.3, 0.4) is 0 Å². The zero-order chi connectivity index (χ0) is 20.6. The van der Waals surface area contributed by atoms with E-state index < -0.39 is 17.8 Å². The summed E-state index contributed by atoms with van der Waals surface area (Å²) in [7, 11) is 0. The first kappa shape index (κ1) is 21.5. The Bertz CT molecular complexity index is 664. The smallest absolute Gasteiger partial charge is 0.412 e. The molecule has 0 spiro atoms. The molecule has 8 heteroatoms. The molecule has 0 atom stereocenters. The fourth-order valence-corrected chi connectivity index (χ4v) is 2.81. The van der Waals surface area contributed by atoms with Gasteiger partial charge in [0.1, 0.15) is 11.4 Å². The highest BCUT2D eigenvalue weighted by Crippen LogP contribution is 2.13. The maximum Gasteiger partial charge on any atom is 0.412 e. The van der Waals surface area contributed by atoms with Crippen molar-refractivity contribution in [3.8, 4) is 5.75 Å². The van der Waals surface area contributed by atoms with Gasteiger partial charge >= 0.3 is 12.2 Å². The molecule has 154 valence electrons. The molecular formula is C20H29N3O5. The van der Waals surface area contributed by atoms with Crippen molar-refractivity contribution in [2.75, 3.05) is 19.6 Å². The molecule has 1 aliphatic rings. The van der Waals surface area contributed by atoms with Crippen LogP contribution >= 0.6 is 0 Å². The molecule has 1 aromatic rings. The van der Waals surface area contributed by atoms with Gasteiger partial charge in [0.15, 0.2) is 0 Å². The Hall–Kier alpha value is -2.77. The molecule has 0 radical (unpaired) electrons. The van der Waals surface area contributed by atoms with Crippen LogP contribution in [0.1, 0.15) is 40.0 Å². The van der Waals surface area contributed by atoms with Crippen LogP contribution in [0.4, 0.5) is 9.59 Å². The Labute approximate surface area is 165 Å². The minimum absolute atomic E-state index is 0.0265. The average molecular weight is 391 g/mol. The van der Waals surface area contributed by atoms with Gasteiger partial charge in [-0.1, -0.05) is 18.2 Å². The normalized spacial score (nSPS) is 14.9. The van der Waals surface area contributed by atoms with Gasteiger partial charge in [-0.3, -0.25) is 4.79 Å². The Balaban J connectivity index is 1.64. The van der Waals surface area contributed by atoms with Crippen molar-refractivity contribution in [1.29, 1.82) is 0 Å². The first-order chi connectivity index (χ1) is 13.2. The van der Waals surface area contributed by atoms with Gasteiger partial charge in [-0.05, 0) is 45.7 Å². The lowest BCUT2D eigenvalue weighted by Crippen LogP contribution is -2.47. The fourth-order valence-electron chi connectivity index (χ4n) is 2.81. The summed E-state index contributed by atoms with van der Waals surface area (Å²) in [5.41, 5.74) is -0.565. The third-order valence-electron chi connectivity index (χ3n) is 4.13. The summed E-state index contributed by atoms with van der Waals surface area (Å²) in [5.74, 6) is 0.464. The van der Waals surface area contributed by atoms with Crippen molar-refractivity contribution >= 4 is 18.1 Å². The molecule has 0 aliphatic carbocycles. The Morgan fingerprint density at radius 3 is 2.32 bits per heavy atom. The largest absolute Gasteiger partial charge is 0.444 e. The highest BCUT2D eigenvalue weighted by atomic mass is 16.6. The molecule has 2 rings (SSSR count). The molecule has 0 saturated carbocycles. The monoisotopic (exact) mass is 391 g/mol. The van der Waals surface area contributed by atoms with E-state index in [0.29, 0.717) is 31.7 Å². The number of nitrogens with zero attached hydrogens (tertiary/aromatic N) is 1. The zero-order valence-electron chi connectivity index (χ0n) is 16.7. The Morgan fingerprint density at radius 1 is 1.07 bits per heavy atom. The maximum absolute atomic E-state index is 12.3. The van der Waals surface area contributed by atoms with Crippen LogP contribution in [0.25, 0.3) is 0 Å². The van der Waals surface area contributed by atoms with Gasteiger partial charge < -0.3 is 25.0 Å². The van der Waals surface area contributed by atoms with Crippen LogP contribution in [0, 0.1) is 0 Å². The molecule has 1 fully saturated rings. The Morgan fingerprint density at radius 2 is 1.71 bits per heavy atom. The van der Waals surface area contributed by atoms with E-state index in [0.717, 1.165) is 0 Å². The van der Waals surface area contributed by atoms with Gasteiger partial charge in [-0.25, -0.2) is 9.59 Å². The number of hydrogen-bond donors (Lipinski definition) is 2. The SMILES string of the molecule is CC(C)(C)OC(=O)NCCC(=O)N1CCC(NC(=O)Oc2ccccc2)CC1. The molecular weight excluding hydrogens is 362 g/mol. The van der Waals surface area contributed by atoms with Gasteiger partial charge in [0.05, 0.1) is 0 Å². The van der Waals surface area contributed by atoms with Crippen molar-refractivity contribution in [2.45, 2.75) is 51.7 Å². The number of likely N-dealkylation sites (tertiary alicyclic amines) is 1. The second kappa shape index (κ2) is 9.96. The van der Waals surface area contributed by atoms with E-state index in [2.05, 4.69) is 10.6 Å². The number of carbonyl (C=O) groups excluding carboxylic acids is 3. The maximum atomic E-state index is 12.3. The summed E-state index contributed by atoms with van der Waals surface area (Å²) in [6.07, 6.45) is 0.523. The summed E-state index contributed by atoms with van der Waals surface area (Å²) in [4.78, 5) is 37.5. The van der Waals surface area contributed by atoms with Crippen LogP contribution in [-0.2, 0) is 9.53 Å². The van der Waals surface area contributed by atoms with Crippen LogP contribution in [-0.4, -0.2) is 54.3 Å². The van der Waals surface area contributed by atoms with E-state index >= 15 is 0 Å².